The van der Waals surface area contributed by atoms with E-state index in [1.807, 2.05) is 0 Å². The van der Waals surface area contributed by atoms with Gasteiger partial charge in [0.15, 0.2) is 0 Å². The highest BCUT2D eigenvalue weighted by molar-refractivity contribution is 7.89. The molecule has 0 aliphatic carbocycles. The van der Waals surface area contributed by atoms with Gasteiger partial charge in [-0.25, -0.2) is 17.7 Å². The van der Waals surface area contributed by atoms with Crippen LogP contribution in [0.4, 0.5) is 5.95 Å². The number of aromatic nitrogens is 2. The lowest BCUT2D eigenvalue weighted by Crippen LogP contribution is -2.22. The van der Waals surface area contributed by atoms with Crippen molar-refractivity contribution in [2.24, 2.45) is 7.05 Å². The predicted octanol–water partition coefficient (Wildman–Crippen LogP) is 0.923. The minimum atomic E-state index is -3.49. The van der Waals surface area contributed by atoms with Gasteiger partial charge < -0.3 is 4.57 Å². The molecule has 2 aromatic rings. The number of rotatable bonds is 4. The molecule has 7 nitrogen and oxygen atoms in total. The fraction of sp³-hybridized carbons (Fsp3) is 0.231. The average Bonchev–Trinajstić information content (AvgIpc) is 2.84. The summed E-state index contributed by atoms with van der Waals surface area (Å²) in [5.74, 6) is 0.0723. The van der Waals surface area contributed by atoms with Gasteiger partial charge in [-0.05, 0) is 24.3 Å². The lowest BCUT2D eigenvalue weighted by molar-refractivity contribution is 0.102. The van der Waals surface area contributed by atoms with E-state index in [4.69, 9.17) is 0 Å². The second-order valence-corrected chi connectivity index (χ2v) is 6.78. The maximum Gasteiger partial charge on any atom is 0.257 e. The third-order valence-electron chi connectivity index (χ3n) is 2.94. The van der Waals surface area contributed by atoms with Crippen molar-refractivity contribution in [3.8, 4) is 0 Å². The number of sulfonamides is 1. The highest BCUT2D eigenvalue weighted by atomic mass is 32.2. The van der Waals surface area contributed by atoms with Crippen molar-refractivity contribution >= 4 is 21.9 Å². The summed E-state index contributed by atoms with van der Waals surface area (Å²) in [5.41, 5.74) is 0.357. The molecule has 1 aromatic heterocycles. The lowest BCUT2D eigenvalue weighted by Gasteiger charge is -2.11. The molecule has 0 saturated carbocycles. The number of nitrogens with one attached hydrogen (secondary N) is 1. The van der Waals surface area contributed by atoms with Gasteiger partial charge in [-0.3, -0.25) is 10.1 Å². The van der Waals surface area contributed by atoms with Gasteiger partial charge in [0.1, 0.15) is 0 Å². The molecule has 112 valence electrons. The molecule has 8 heteroatoms. The van der Waals surface area contributed by atoms with Gasteiger partial charge in [0.2, 0.25) is 16.0 Å². The fourth-order valence-corrected chi connectivity index (χ4v) is 2.55. The number of anilines is 1. The average molecular weight is 308 g/mol. The molecule has 1 amide bonds. The van der Waals surface area contributed by atoms with Gasteiger partial charge in [0.05, 0.1) is 4.90 Å². The summed E-state index contributed by atoms with van der Waals surface area (Å²) in [4.78, 5) is 16.2. The Balaban J connectivity index is 2.20. The van der Waals surface area contributed by atoms with Crippen LogP contribution in [-0.4, -0.2) is 42.3 Å². The number of amides is 1. The van der Waals surface area contributed by atoms with Crippen LogP contribution in [-0.2, 0) is 17.1 Å². The van der Waals surface area contributed by atoms with Gasteiger partial charge in [-0.1, -0.05) is 0 Å². The molecule has 0 bridgehead atoms. The van der Waals surface area contributed by atoms with Crippen molar-refractivity contribution in [3.63, 3.8) is 0 Å². The zero-order valence-corrected chi connectivity index (χ0v) is 12.8. The van der Waals surface area contributed by atoms with E-state index in [1.54, 1.807) is 24.0 Å². The summed E-state index contributed by atoms with van der Waals surface area (Å²) in [6.07, 6.45) is 3.28. The second-order valence-electron chi connectivity index (χ2n) is 4.63. The topological polar surface area (TPSA) is 84.3 Å². The van der Waals surface area contributed by atoms with E-state index in [1.165, 1.54) is 38.4 Å². The Hall–Kier alpha value is -2.19. The van der Waals surface area contributed by atoms with E-state index >= 15 is 0 Å². The molecule has 0 saturated heterocycles. The van der Waals surface area contributed by atoms with Crippen molar-refractivity contribution in [3.05, 3.63) is 42.2 Å². The Kier molecular flexibility index (Phi) is 4.10. The summed E-state index contributed by atoms with van der Waals surface area (Å²) < 4.78 is 26.6. The fourth-order valence-electron chi connectivity index (χ4n) is 1.65. The minimum Gasteiger partial charge on any atom is -0.320 e. The Morgan fingerprint density at radius 1 is 1.24 bits per heavy atom. The Bertz CT molecular complexity index is 748. The molecule has 0 fully saturated rings. The van der Waals surface area contributed by atoms with Crippen LogP contribution in [0.1, 0.15) is 10.4 Å². The van der Waals surface area contributed by atoms with Gasteiger partial charge in [0.25, 0.3) is 5.91 Å². The molecular formula is C13H16N4O3S. The van der Waals surface area contributed by atoms with Crippen molar-refractivity contribution in [1.82, 2.24) is 13.9 Å². The van der Waals surface area contributed by atoms with E-state index in [2.05, 4.69) is 10.3 Å². The molecule has 2 rings (SSSR count). The quantitative estimate of drug-likeness (QED) is 0.910. The third kappa shape index (κ3) is 3.11. The van der Waals surface area contributed by atoms with E-state index in [-0.39, 0.29) is 10.8 Å². The van der Waals surface area contributed by atoms with Crippen LogP contribution in [0.15, 0.2) is 41.6 Å². The summed E-state index contributed by atoms with van der Waals surface area (Å²) in [6, 6.07) is 5.74. The molecule has 1 aromatic carbocycles. The number of carbonyl (C=O) groups is 1. The third-order valence-corrected chi connectivity index (χ3v) is 4.77. The number of nitrogens with zero attached hydrogens (tertiary/aromatic N) is 3. The highest BCUT2D eigenvalue weighted by Gasteiger charge is 2.17. The van der Waals surface area contributed by atoms with Crippen molar-refractivity contribution < 1.29 is 13.2 Å². The molecule has 0 radical (unpaired) electrons. The van der Waals surface area contributed by atoms with Gasteiger partial charge >= 0.3 is 0 Å². The van der Waals surface area contributed by atoms with E-state index in [9.17, 15) is 13.2 Å². The van der Waals surface area contributed by atoms with Gasteiger partial charge in [0, 0.05) is 39.1 Å². The summed E-state index contributed by atoms with van der Waals surface area (Å²) in [7, 11) is 1.18. The van der Waals surface area contributed by atoms with Crippen LogP contribution in [0.25, 0.3) is 0 Å². The van der Waals surface area contributed by atoms with Gasteiger partial charge in [-0.15, -0.1) is 0 Å². The Morgan fingerprint density at radius 3 is 2.33 bits per heavy atom. The van der Waals surface area contributed by atoms with Crippen LogP contribution in [0.2, 0.25) is 0 Å². The number of hydrogen-bond donors (Lipinski definition) is 1. The molecule has 1 N–H and O–H groups in total. The largest absolute Gasteiger partial charge is 0.320 e. The van der Waals surface area contributed by atoms with Crippen LogP contribution in [0, 0.1) is 0 Å². The first-order valence-electron chi connectivity index (χ1n) is 6.13. The molecule has 0 aliphatic heterocycles. The summed E-state index contributed by atoms with van der Waals surface area (Å²) in [6.45, 7) is 0. The van der Waals surface area contributed by atoms with Crippen molar-refractivity contribution in [2.45, 2.75) is 4.90 Å². The summed E-state index contributed by atoms with van der Waals surface area (Å²) in [5, 5.41) is 2.64. The van der Waals surface area contributed by atoms with E-state index in [0.717, 1.165) is 4.31 Å². The number of aryl methyl sites for hydroxylation is 1. The van der Waals surface area contributed by atoms with Crippen LogP contribution >= 0.6 is 0 Å². The summed E-state index contributed by atoms with van der Waals surface area (Å²) >= 11 is 0. The van der Waals surface area contributed by atoms with Gasteiger partial charge in [-0.2, -0.15) is 0 Å². The number of benzene rings is 1. The smallest absolute Gasteiger partial charge is 0.257 e. The molecule has 0 spiro atoms. The first kappa shape index (κ1) is 15.2. The zero-order valence-electron chi connectivity index (χ0n) is 11.9. The molecule has 0 aliphatic rings. The van der Waals surface area contributed by atoms with E-state index in [0.29, 0.717) is 11.5 Å². The molecule has 1 heterocycles. The monoisotopic (exact) mass is 308 g/mol. The van der Waals surface area contributed by atoms with E-state index < -0.39 is 10.0 Å². The van der Waals surface area contributed by atoms with Crippen LogP contribution in [0.3, 0.4) is 0 Å². The maximum absolute atomic E-state index is 12.0. The number of carbonyl (C=O) groups excluding carboxylic acids is 1. The number of hydrogen-bond acceptors (Lipinski definition) is 4. The number of imidazole rings is 1. The van der Waals surface area contributed by atoms with Crippen LogP contribution < -0.4 is 5.32 Å². The first-order valence-corrected chi connectivity index (χ1v) is 7.57. The van der Waals surface area contributed by atoms with Crippen molar-refractivity contribution in [1.29, 1.82) is 0 Å². The molecule has 0 unspecified atom stereocenters. The maximum atomic E-state index is 12.0. The standard InChI is InChI=1S/C13H16N4O3S/c1-16(2)21(19,20)11-6-4-10(5-7-11)12(18)15-13-14-8-9-17(13)3/h4-9H,1-3H3,(H,14,15,18). The molecule has 21 heavy (non-hydrogen) atoms. The molecular weight excluding hydrogens is 292 g/mol. The molecule has 0 atom stereocenters. The highest BCUT2D eigenvalue weighted by Crippen LogP contribution is 2.14. The SMILES string of the molecule is CN(C)S(=O)(=O)c1ccc(C(=O)Nc2nccn2C)cc1. The normalized spacial score (nSPS) is 11.6. The Morgan fingerprint density at radius 2 is 1.86 bits per heavy atom. The van der Waals surface area contributed by atoms with Crippen molar-refractivity contribution in [2.75, 3.05) is 19.4 Å². The van der Waals surface area contributed by atoms with Crippen LogP contribution in [0.5, 0.6) is 0 Å². The first-order chi connectivity index (χ1) is 9.82. The second kappa shape index (κ2) is 5.66. The predicted molar refractivity (Wildman–Crippen MR) is 78.5 cm³/mol. The minimum absolute atomic E-state index is 0.140. The zero-order chi connectivity index (χ0) is 15.6. The lowest BCUT2D eigenvalue weighted by atomic mass is 10.2. The Labute approximate surface area is 123 Å².